The van der Waals surface area contributed by atoms with Gasteiger partial charge < -0.3 is 10.0 Å². The van der Waals surface area contributed by atoms with E-state index in [1.807, 2.05) is 23.6 Å². The fourth-order valence-corrected chi connectivity index (χ4v) is 3.41. The molecule has 20 heavy (non-hydrogen) atoms. The van der Waals surface area contributed by atoms with Crippen LogP contribution in [0.3, 0.4) is 0 Å². The summed E-state index contributed by atoms with van der Waals surface area (Å²) in [6, 6.07) is 4.07. The van der Waals surface area contributed by atoms with Crippen LogP contribution in [-0.2, 0) is 0 Å². The van der Waals surface area contributed by atoms with Crippen LogP contribution >= 0.6 is 11.8 Å². The predicted octanol–water partition coefficient (Wildman–Crippen LogP) is 2.62. The van der Waals surface area contributed by atoms with Crippen LogP contribution in [0.5, 0.6) is 0 Å². The lowest BCUT2D eigenvalue weighted by Gasteiger charge is -2.38. The Morgan fingerprint density at radius 3 is 2.80 bits per heavy atom. The second kappa shape index (κ2) is 5.70. The minimum atomic E-state index is -1.08. The van der Waals surface area contributed by atoms with Gasteiger partial charge in [-0.2, -0.15) is 11.8 Å². The molecule has 0 saturated carbocycles. The number of nitro groups is 1. The Hall–Kier alpha value is -1.76. The topological polar surface area (TPSA) is 83.7 Å². The van der Waals surface area contributed by atoms with Crippen molar-refractivity contribution in [2.24, 2.45) is 0 Å². The van der Waals surface area contributed by atoms with Crippen molar-refractivity contribution in [1.82, 2.24) is 0 Å². The van der Waals surface area contributed by atoms with Crippen molar-refractivity contribution in [3.8, 4) is 0 Å². The Labute approximate surface area is 120 Å². The lowest BCUT2D eigenvalue weighted by molar-refractivity contribution is -0.384. The second-order valence-electron chi connectivity index (χ2n) is 4.78. The van der Waals surface area contributed by atoms with E-state index in [1.54, 1.807) is 0 Å². The summed E-state index contributed by atoms with van der Waals surface area (Å²) in [4.78, 5) is 23.7. The number of hydrogen-bond donors (Lipinski definition) is 1. The minimum Gasteiger partial charge on any atom is -0.478 e. The van der Waals surface area contributed by atoms with Crippen molar-refractivity contribution < 1.29 is 14.8 Å². The average molecular weight is 296 g/mol. The number of aromatic carboxylic acids is 1. The van der Waals surface area contributed by atoms with Crippen LogP contribution in [-0.4, -0.2) is 39.6 Å². The summed E-state index contributed by atoms with van der Waals surface area (Å²) < 4.78 is 0. The highest BCUT2D eigenvalue weighted by atomic mass is 32.2. The summed E-state index contributed by atoms with van der Waals surface area (Å²) in [6.07, 6.45) is 0. The fraction of sp³-hybridized carbons (Fsp3) is 0.462. The molecule has 0 aliphatic carbocycles. The zero-order valence-corrected chi connectivity index (χ0v) is 12.1. The van der Waals surface area contributed by atoms with E-state index in [0.29, 0.717) is 17.5 Å². The van der Waals surface area contributed by atoms with Gasteiger partial charge in [0, 0.05) is 29.7 Å². The fourth-order valence-electron chi connectivity index (χ4n) is 2.31. The number of carbonyl (C=O) groups is 1. The number of nitro benzene ring substituents is 1. The van der Waals surface area contributed by atoms with Gasteiger partial charge in [-0.25, -0.2) is 4.79 Å². The molecule has 0 aromatic heterocycles. The molecule has 1 fully saturated rings. The van der Waals surface area contributed by atoms with E-state index >= 15 is 0 Å². The first-order valence-corrected chi connectivity index (χ1v) is 7.36. The van der Waals surface area contributed by atoms with Crippen LogP contribution in [0.2, 0.25) is 0 Å². The second-order valence-corrected chi connectivity index (χ2v) is 6.26. The molecule has 7 heteroatoms. The van der Waals surface area contributed by atoms with Gasteiger partial charge in [0.1, 0.15) is 5.69 Å². The first-order chi connectivity index (χ1) is 9.41. The third-order valence-corrected chi connectivity index (χ3v) is 4.95. The maximum atomic E-state index is 11.2. The van der Waals surface area contributed by atoms with E-state index in [0.717, 1.165) is 5.75 Å². The number of benzene rings is 1. The van der Waals surface area contributed by atoms with Gasteiger partial charge in [-0.15, -0.1) is 0 Å². The Morgan fingerprint density at radius 1 is 1.50 bits per heavy atom. The molecular weight excluding hydrogens is 280 g/mol. The quantitative estimate of drug-likeness (QED) is 0.682. The van der Waals surface area contributed by atoms with Gasteiger partial charge in [0.25, 0.3) is 5.69 Å². The van der Waals surface area contributed by atoms with Crippen molar-refractivity contribution in [1.29, 1.82) is 0 Å². The SMILES string of the molecule is CC1SCCN(c2cc(C(=O)O)ccc2[N+](=O)[O-])C1C. The highest BCUT2D eigenvalue weighted by Crippen LogP contribution is 2.35. The highest BCUT2D eigenvalue weighted by molar-refractivity contribution is 8.00. The average Bonchev–Trinajstić information content (AvgIpc) is 2.41. The van der Waals surface area contributed by atoms with Gasteiger partial charge in [0.15, 0.2) is 0 Å². The standard InChI is InChI=1S/C13H16N2O4S/c1-8-9(2)20-6-5-14(8)12-7-10(13(16)17)3-4-11(12)15(18)19/h3-4,7-9H,5-6H2,1-2H3,(H,16,17). The molecule has 2 rings (SSSR count). The number of rotatable bonds is 3. The molecule has 2 atom stereocenters. The highest BCUT2D eigenvalue weighted by Gasteiger charge is 2.30. The number of carboxylic acids is 1. The van der Waals surface area contributed by atoms with Gasteiger partial charge in [-0.05, 0) is 19.1 Å². The van der Waals surface area contributed by atoms with Gasteiger partial charge in [0.05, 0.1) is 10.5 Å². The number of nitrogens with zero attached hydrogens (tertiary/aromatic N) is 2. The number of hydrogen-bond acceptors (Lipinski definition) is 5. The normalized spacial score (nSPS) is 22.6. The maximum absolute atomic E-state index is 11.2. The molecule has 1 heterocycles. The largest absolute Gasteiger partial charge is 0.478 e. The summed E-state index contributed by atoms with van der Waals surface area (Å²) in [5.41, 5.74) is 0.430. The number of anilines is 1. The Kier molecular flexibility index (Phi) is 4.17. The first-order valence-electron chi connectivity index (χ1n) is 6.31. The van der Waals surface area contributed by atoms with E-state index in [2.05, 4.69) is 6.92 Å². The zero-order valence-electron chi connectivity index (χ0n) is 11.3. The van der Waals surface area contributed by atoms with Crippen molar-refractivity contribution >= 4 is 29.1 Å². The summed E-state index contributed by atoms with van der Waals surface area (Å²) >= 11 is 1.82. The van der Waals surface area contributed by atoms with Crippen molar-refractivity contribution in [2.45, 2.75) is 25.1 Å². The summed E-state index contributed by atoms with van der Waals surface area (Å²) in [5, 5.41) is 20.6. The summed E-state index contributed by atoms with van der Waals surface area (Å²) in [5.74, 6) is -0.201. The van der Waals surface area contributed by atoms with Gasteiger partial charge in [0.2, 0.25) is 0 Å². The molecule has 108 valence electrons. The molecule has 0 radical (unpaired) electrons. The predicted molar refractivity (Wildman–Crippen MR) is 78.8 cm³/mol. The van der Waals surface area contributed by atoms with Crippen LogP contribution in [0, 0.1) is 10.1 Å². The Bertz CT molecular complexity index is 549. The minimum absolute atomic E-state index is 0.0408. The smallest absolute Gasteiger partial charge is 0.335 e. The molecule has 1 aromatic rings. The van der Waals surface area contributed by atoms with Crippen LogP contribution in [0.1, 0.15) is 24.2 Å². The first kappa shape index (κ1) is 14.6. The van der Waals surface area contributed by atoms with Crippen LogP contribution < -0.4 is 4.90 Å². The number of thioether (sulfide) groups is 1. The number of carboxylic acid groups (broad SMARTS) is 1. The lowest BCUT2D eigenvalue weighted by Crippen LogP contribution is -2.45. The van der Waals surface area contributed by atoms with Crippen LogP contribution in [0.4, 0.5) is 11.4 Å². The van der Waals surface area contributed by atoms with E-state index in [9.17, 15) is 14.9 Å². The summed E-state index contributed by atoms with van der Waals surface area (Å²) in [6.45, 7) is 4.77. The molecule has 0 bridgehead atoms. The van der Waals surface area contributed by atoms with Gasteiger partial charge >= 0.3 is 5.97 Å². The molecule has 0 spiro atoms. The summed E-state index contributed by atoms with van der Waals surface area (Å²) in [7, 11) is 0. The van der Waals surface area contributed by atoms with E-state index < -0.39 is 10.9 Å². The molecular formula is C13H16N2O4S. The molecule has 6 nitrogen and oxygen atoms in total. The van der Waals surface area contributed by atoms with E-state index in [1.165, 1.54) is 18.2 Å². The molecule has 1 aliphatic heterocycles. The molecule has 1 N–H and O–H groups in total. The van der Waals surface area contributed by atoms with E-state index in [-0.39, 0.29) is 17.3 Å². The van der Waals surface area contributed by atoms with Crippen molar-refractivity contribution in [3.05, 3.63) is 33.9 Å². The molecule has 0 amide bonds. The van der Waals surface area contributed by atoms with Gasteiger partial charge in [-0.1, -0.05) is 6.92 Å². The molecule has 1 saturated heterocycles. The van der Waals surface area contributed by atoms with Crippen molar-refractivity contribution in [3.63, 3.8) is 0 Å². The maximum Gasteiger partial charge on any atom is 0.335 e. The van der Waals surface area contributed by atoms with Crippen LogP contribution in [0.15, 0.2) is 18.2 Å². The van der Waals surface area contributed by atoms with Crippen LogP contribution in [0.25, 0.3) is 0 Å². The third-order valence-electron chi connectivity index (χ3n) is 3.61. The third kappa shape index (κ3) is 2.72. The monoisotopic (exact) mass is 296 g/mol. The van der Waals surface area contributed by atoms with Gasteiger partial charge in [-0.3, -0.25) is 10.1 Å². The van der Waals surface area contributed by atoms with Crippen molar-refractivity contribution in [2.75, 3.05) is 17.2 Å². The Morgan fingerprint density at radius 2 is 2.20 bits per heavy atom. The molecule has 1 aliphatic rings. The van der Waals surface area contributed by atoms with E-state index in [4.69, 9.17) is 5.11 Å². The lowest BCUT2D eigenvalue weighted by atomic mass is 10.1. The Balaban J connectivity index is 2.49. The molecule has 1 aromatic carbocycles. The molecule has 2 unspecified atom stereocenters. The zero-order chi connectivity index (χ0) is 14.9.